The first-order chi connectivity index (χ1) is 11.0. The molecule has 0 radical (unpaired) electrons. The van der Waals surface area contributed by atoms with Crippen LogP contribution >= 0.6 is 12.4 Å². The molecule has 0 saturated heterocycles. The number of rotatable bonds is 4. The molecule has 3 atom stereocenters. The molecule has 3 unspecified atom stereocenters. The van der Waals surface area contributed by atoms with Crippen LogP contribution in [0.25, 0.3) is 0 Å². The largest absolute Gasteiger partial charge is 0.355 e. The van der Waals surface area contributed by atoms with E-state index in [4.69, 9.17) is 5.73 Å². The van der Waals surface area contributed by atoms with E-state index in [0.717, 1.165) is 18.4 Å². The summed E-state index contributed by atoms with van der Waals surface area (Å²) >= 11 is 0. The van der Waals surface area contributed by atoms with Gasteiger partial charge in [-0.05, 0) is 61.1 Å². The molecule has 2 aliphatic carbocycles. The van der Waals surface area contributed by atoms with Crippen LogP contribution in [0.5, 0.6) is 0 Å². The Balaban J connectivity index is 0.00000208. The summed E-state index contributed by atoms with van der Waals surface area (Å²) in [6, 6.07) is 6.81. The lowest BCUT2D eigenvalue weighted by molar-refractivity contribution is -0.127. The second kappa shape index (κ2) is 8.30. The van der Waals surface area contributed by atoms with Crippen LogP contribution in [0.15, 0.2) is 24.3 Å². The predicted octanol–water partition coefficient (Wildman–Crippen LogP) is 3.62. The van der Waals surface area contributed by atoms with Crippen molar-refractivity contribution in [3.63, 3.8) is 0 Å². The normalized spacial score (nSPS) is 30.1. The minimum Gasteiger partial charge on any atom is -0.355 e. The maximum atomic E-state index is 13.0. The summed E-state index contributed by atoms with van der Waals surface area (Å²) in [5, 5.41) is 3.10. The number of halogens is 2. The zero-order valence-corrected chi connectivity index (χ0v) is 15.0. The number of hydrogen-bond acceptors (Lipinski definition) is 2. The van der Waals surface area contributed by atoms with Crippen molar-refractivity contribution in [3.8, 4) is 0 Å². The van der Waals surface area contributed by atoms with Crippen molar-refractivity contribution in [3.05, 3.63) is 35.6 Å². The van der Waals surface area contributed by atoms with Crippen LogP contribution < -0.4 is 11.1 Å². The van der Waals surface area contributed by atoms with Crippen LogP contribution in [0.4, 0.5) is 4.39 Å². The Morgan fingerprint density at radius 1 is 1.25 bits per heavy atom. The topological polar surface area (TPSA) is 55.1 Å². The molecule has 2 bridgehead atoms. The van der Waals surface area contributed by atoms with Gasteiger partial charge < -0.3 is 11.1 Å². The van der Waals surface area contributed by atoms with Gasteiger partial charge in [0, 0.05) is 18.5 Å². The molecule has 0 aliphatic heterocycles. The van der Waals surface area contributed by atoms with Gasteiger partial charge in [0.2, 0.25) is 5.91 Å². The summed E-state index contributed by atoms with van der Waals surface area (Å²) in [5.74, 6) is 1.29. The lowest BCUT2D eigenvalue weighted by atomic mass is 9.65. The maximum Gasteiger partial charge on any atom is 0.223 e. The highest BCUT2D eigenvalue weighted by molar-refractivity contribution is 5.85. The fourth-order valence-electron chi connectivity index (χ4n) is 4.31. The summed E-state index contributed by atoms with van der Waals surface area (Å²) in [6.07, 6.45) is 5.49. The summed E-state index contributed by atoms with van der Waals surface area (Å²) < 4.78 is 13.0. The quantitative estimate of drug-likeness (QED) is 0.867. The van der Waals surface area contributed by atoms with Gasteiger partial charge >= 0.3 is 0 Å². The summed E-state index contributed by atoms with van der Waals surface area (Å²) in [4.78, 5) is 12.5. The van der Waals surface area contributed by atoms with Crippen LogP contribution in [0.3, 0.4) is 0 Å². The molecule has 2 saturated carbocycles. The number of amides is 1. The molecule has 1 aromatic rings. The molecule has 3 rings (SSSR count). The fraction of sp³-hybridized carbons (Fsp3) is 0.632. The van der Waals surface area contributed by atoms with E-state index in [2.05, 4.69) is 12.2 Å². The first kappa shape index (κ1) is 19.2. The Bertz CT molecular complexity index is 537. The van der Waals surface area contributed by atoms with Crippen molar-refractivity contribution < 1.29 is 9.18 Å². The summed E-state index contributed by atoms with van der Waals surface area (Å²) in [6.45, 7) is 2.65. The maximum absolute atomic E-state index is 13.0. The number of nitrogens with one attached hydrogen (secondary N) is 1. The van der Waals surface area contributed by atoms with E-state index >= 15 is 0 Å². The van der Waals surface area contributed by atoms with Crippen LogP contribution in [0.1, 0.15) is 50.5 Å². The van der Waals surface area contributed by atoms with Crippen molar-refractivity contribution in [2.75, 3.05) is 6.54 Å². The number of benzene rings is 1. The molecule has 3 N–H and O–H groups in total. The van der Waals surface area contributed by atoms with Crippen molar-refractivity contribution in [1.29, 1.82) is 0 Å². The molecular formula is C19H28ClFN2O. The standard InChI is InChI=1S/C19H27FN2O.ClH/c1-12(13-5-7-17(20)8-6-13)11-22-19(23)16-9-14-3-2-4-15(10-16)18(14)21;/h5-8,12,14-16,18H,2-4,9-11,21H2,1H3,(H,22,23);1H. The SMILES string of the molecule is CC(CNC(=O)C1CC2CCCC(C1)C2N)c1ccc(F)cc1.Cl. The van der Waals surface area contributed by atoms with Gasteiger partial charge in [-0.1, -0.05) is 25.5 Å². The number of nitrogens with two attached hydrogens (primary N) is 1. The van der Waals surface area contributed by atoms with Gasteiger partial charge in [-0.2, -0.15) is 0 Å². The Morgan fingerprint density at radius 3 is 2.42 bits per heavy atom. The minimum absolute atomic E-state index is 0. The Labute approximate surface area is 150 Å². The Morgan fingerprint density at radius 2 is 1.83 bits per heavy atom. The van der Waals surface area contributed by atoms with E-state index in [1.54, 1.807) is 12.1 Å². The summed E-state index contributed by atoms with van der Waals surface area (Å²) in [5.41, 5.74) is 7.34. The van der Waals surface area contributed by atoms with E-state index in [1.165, 1.54) is 31.4 Å². The molecule has 1 aromatic carbocycles. The van der Waals surface area contributed by atoms with E-state index in [0.29, 0.717) is 24.4 Å². The molecule has 0 spiro atoms. The molecule has 2 fully saturated rings. The van der Waals surface area contributed by atoms with Crippen LogP contribution in [0, 0.1) is 23.6 Å². The highest BCUT2D eigenvalue weighted by Gasteiger charge is 2.40. The third-order valence-electron chi connectivity index (χ3n) is 5.81. The lowest BCUT2D eigenvalue weighted by Crippen LogP contribution is -2.49. The van der Waals surface area contributed by atoms with Gasteiger partial charge in [-0.3, -0.25) is 4.79 Å². The molecule has 24 heavy (non-hydrogen) atoms. The van der Waals surface area contributed by atoms with Gasteiger partial charge in [-0.15, -0.1) is 12.4 Å². The van der Waals surface area contributed by atoms with Gasteiger partial charge in [0.1, 0.15) is 5.82 Å². The number of hydrogen-bond donors (Lipinski definition) is 2. The van der Waals surface area contributed by atoms with E-state index in [9.17, 15) is 9.18 Å². The zero-order chi connectivity index (χ0) is 16.4. The van der Waals surface area contributed by atoms with Crippen LogP contribution in [-0.4, -0.2) is 18.5 Å². The molecule has 0 aromatic heterocycles. The highest BCUT2D eigenvalue weighted by Crippen LogP contribution is 2.41. The van der Waals surface area contributed by atoms with Gasteiger partial charge in [0.15, 0.2) is 0 Å². The average molecular weight is 355 g/mol. The molecule has 1 amide bonds. The number of fused-ring (bicyclic) bond motifs is 2. The van der Waals surface area contributed by atoms with Gasteiger partial charge in [-0.25, -0.2) is 4.39 Å². The predicted molar refractivity (Wildman–Crippen MR) is 96.6 cm³/mol. The second-order valence-corrected chi connectivity index (χ2v) is 7.39. The van der Waals surface area contributed by atoms with E-state index in [1.807, 2.05) is 0 Å². The third kappa shape index (κ3) is 4.28. The average Bonchev–Trinajstić information content (AvgIpc) is 2.52. The smallest absolute Gasteiger partial charge is 0.223 e. The Hall–Kier alpha value is -1.13. The fourth-order valence-corrected chi connectivity index (χ4v) is 4.31. The third-order valence-corrected chi connectivity index (χ3v) is 5.81. The van der Waals surface area contributed by atoms with E-state index < -0.39 is 0 Å². The lowest BCUT2D eigenvalue weighted by Gasteiger charge is -2.43. The first-order valence-electron chi connectivity index (χ1n) is 8.83. The van der Waals surface area contributed by atoms with Crippen molar-refractivity contribution >= 4 is 18.3 Å². The van der Waals surface area contributed by atoms with Crippen molar-refractivity contribution in [1.82, 2.24) is 5.32 Å². The molecular weight excluding hydrogens is 327 g/mol. The Kier molecular flexibility index (Phi) is 6.64. The first-order valence-corrected chi connectivity index (χ1v) is 8.83. The van der Waals surface area contributed by atoms with E-state index in [-0.39, 0.29) is 36.0 Å². The molecule has 0 heterocycles. The van der Waals surface area contributed by atoms with Gasteiger partial charge in [0.05, 0.1) is 0 Å². The van der Waals surface area contributed by atoms with Crippen molar-refractivity contribution in [2.45, 2.75) is 51.0 Å². The number of carbonyl (C=O) groups is 1. The number of carbonyl (C=O) groups excluding carboxylic acids is 1. The summed E-state index contributed by atoms with van der Waals surface area (Å²) in [7, 11) is 0. The van der Waals surface area contributed by atoms with Crippen LogP contribution in [0.2, 0.25) is 0 Å². The van der Waals surface area contributed by atoms with Gasteiger partial charge in [0.25, 0.3) is 0 Å². The highest BCUT2D eigenvalue weighted by atomic mass is 35.5. The second-order valence-electron chi connectivity index (χ2n) is 7.39. The zero-order valence-electron chi connectivity index (χ0n) is 14.2. The van der Waals surface area contributed by atoms with Crippen LogP contribution in [-0.2, 0) is 4.79 Å². The van der Waals surface area contributed by atoms with Crippen molar-refractivity contribution in [2.24, 2.45) is 23.5 Å². The molecule has 2 aliphatic rings. The molecule has 134 valence electrons. The monoisotopic (exact) mass is 354 g/mol. The molecule has 5 heteroatoms. The minimum atomic E-state index is -0.227. The molecule has 3 nitrogen and oxygen atoms in total.